The first-order valence-corrected chi connectivity index (χ1v) is 8.38. The van der Waals surface area contributed by atoms with Crippen molar-refractivity contribution in [2.75, 3.05) is 0 Å². The third kappa shape index (κ3) is 3.34. The molecule has 0 unspecified atom stereocenters. The minimum atomic E-state index is -0.303. The van der Waals surface area contributed by atoms with Crippen LogP contribution in [-0.4, -0.2) is 20.9 Å². The average molecular weight is 330 g/mol. The summed E-state index contributed by atoms with van der Waals surface area (Å²) in [6, 6.07) is 7.58. The number of nitrogens with one attached hydrogen (secondary N) is 2. The van der Waals surface area contributed by atoms with Crippen LogP contribution in [0.1, 0.15) is 32.6 Å². The van der Waals surface area contributed by atoms with E-state index in [2.05, 4.69) is 10.9 Å². The van der Waals surface area contributed by atoms with E-state index in [-0.39, 0.29) is 36.4 Å². The molecule has 0 atom stereocenters. The Hall–Kier alpha value is -2.57. The van der Waals surface area contributed by atoms with Crippen LogP contribution < -0.4 is 16.5 Å². The number of aryl methyl sites for hydroxylation is 2. The molecule has 3 rings (SSSR count). The van der Waals surface area contributed by atoms with E-state index in [4.69, 9.17) is 0 Å². The lowest BCUT2D eigenvalue weighted by Crippen LogP contribution is -2.42. The van der Waals surface area contributed by atoms with Crippen molar-refractivity contribution in [2.45, 2.75) is 45.7 Å². The van der Waals surface area contributed by atoms with E-state index < -0.39 is 0 Å². The maximum Gasteiger partial charge on any atom is 0.329 e. The molecule has 1 aliphatic carbocycles. The first-order chi connectivity index (χ1) is 11.6. The van der Waals surface area contributed by atoms with Crippen molar-refractivity contribution in [3.63, 3.8) is 0 Å². The second kappa shape index (κ2) is 6.90. The Labute approximate surface area is 139 Å². The highest BCUT2D eigenvalue weighted by Crippen LogP contribution is 2.28. The van der Waals surface area contributed by atoms with Gasteiger partial charge in [0.2, 0.25) is 11.8 Å². The van der Waals surface area contributed by atoms with E-state index in [0.717, 1.165) is 30.3 Å². The highest BCUT2D eigenvalue weighted by molar-refractivity contribution is 5.84. The van der Waals surface area contributed by atoms with E-state index in [0.29, 0.717) is 6.54 Å². The number of hydrazine groups is 1. The van der Waals surface area contributed by atoms with Gasteiger partial charge in [-0.25, -0.2) is 4.79 Å². The number of amides is 2. The Morgan fingerprint density at radius 3 is 2.29 bits per heavy atom. The largest absolute Gasteiger partial charge is 0.329 e. The number of nitrogens with zero attached hydrogens (tertiary/aromatic N) is 2. The van der Waals surface area contributed by atoms with Crippen LogP contribution in [0, 0.1) is 5.92 Å². The number of hydrogen-bond donors (Lipinski definition) is 2. The molecule has 0 saturated heterocycles. The number of rotatable bonds is 6. The number of hydrogen-bond acceptors (Lipinski definition) is 3. The lowest BCUT2D eigenvalue weighted by molar-refractivity contribution is -0.129. The van der Waals surface area contributed by atoms with Gasteiger partial charge in [0.25, 0.3) is 0 Å². The van der Waals surface area contributed by atoms with E-state index in [9.17, 15) is 14.4 Å². The molecule has 128 valence electrons. The zero-order chi connectivity index (χ0) is 17.1. The molecule has 0 spiro atoms. The highest BCUT2D eigenvalue weighted by Gasteiger charge is 2.29. The Morgan fingerprint density at radius 1 is 1.08 bits per heavy atom. The number of carbonyl (C=O) groups excluding carboxylic acids is 2. The van der Waals surface area contributed by atoms with Gasteiger partial charge in [-0.1, -0.05) is 19.1 Å². The molecular formula is C17H22N4O3. The molecule has 0 bridgehead atoms. The summed E-state index contributed by atoms with van der Waals surface area (Å²) in [5.41, 5.74) is 6.44. The summed E-state index contributed by atoms with van der Waals surface area (Å²) in [6.45, 7) is 2.95. The van der Waals surface area contributed by atoms with Gasteiger partial charge >= 0.3 is 5.69 Å². The van der Waals surface area contributed by atoms with Crippen molar-refractivity contribution >= 4 is 22.8 Å². The molecule has 7 heteroatoms. The predicted octanol–water partition coefficient (Wildman–Crippen LogP) is 1.16. The number of carbonyl (C=O) groups is 2. The normalized spacial score (nSPS) is 13.9. The molecule has 0 radical (unpaired) electrons. The lowest BCUT2D eigenvalue weighted by Gasteiger charge is -2.07. The van der Waals surface area contributed by atoms with Crippen molar-refractivity contribution in [1.82, 2.24) is 20.0 Å². The van der Waals surface area contributed by atoms with Crippen molar-refractivity contribution in [3.05, 3.63) is 34.7 Å². The molecule has 1 aliphatic rings. The highest BCUT2D eigenvalue weighted by atomic mass is 16.2. The smallest absolute Gasteiger partial charge is 0.292 e. The second-order valence-corrected chi connectivity index (χ2v) is 6.14. The predicted molar refractivity (Wildman–Crippen MR) is 90.1 cm³/mol. The van der Waals surface area contributed by atoms with Crippen LogP contribution >= 0.6 is 0 Å². The molecule has 24 heavy (non-hydrogen) atoms. The van der Waals surface area contributed by atoms with Gasteiger partial charge in [0.1, 0.15) is 0 Å². The molecule has 0 aliphatic heterocycles. The summed E-state index contributed by atoms with van der Waals surface area (Å²) in [4.78, 5) is 36.0. The Kier molecular flexibility index (Phi) is 4.69. The molecule has 2 aromatic rings. The van der Waals surface area contributed by atoms with E-state index in [1.54, 1.807) is 9.13 Å². The third-order valence-electron chi connectivity index (χ3n) is 4.21. The zero-order valence-electron chi connectivity index (χ0n) is 13.7. The first-order valence-electron chi connectivity index (χ1n) is 8.38. The van der Waals surface area contributed by atoms with Gasteiger partial charge in [-0.05, 0) is 31.4 Å². The molecule has 7 nitrogen and oxygen atoms in total. The van der Waals surface area contributed by atoms with Gasteiger partial charge in [0.05, 0.1) is 11.0 Å². The maximum atomic E-state index is 12.6. The minimum Gasteiger partial charge on any atom is -0.292 e. The SMILES string of the molecule is CCCn1c(=O)n(CCC(=O)NNC(=O)C2CC2)c2ccccc21. The van der Waals surface area contributed by atoms with Crippen LogP contribution in [0.3, 0.4) is 0 Å². The minimum absolute atomic E-state index is 0.0416. The molecule has 2 N–H and O–H groups in total. The van der Waals surface area contributed by atoms with Crippen LogP contribution in [0.2, 0.25) is 0 Å². The van der Waals surface area contributed by atoms with Gasteiger partial charge in [0.15, 0.2) is 0 Å². The Morgan fingerprint density at radius 2 is 1.71 bits per heavy atom. The van der Waals surface area contributed by atoms with Gasteiger partial charge < -0.3 is 0 Å². The van der Waals surface area contributed by atoms with Crippen molar-refractivity contribution in [3.8, 4) is 0 Å². The Bertz CT molecular complexity index is 817. The summed E-state index contributed by atoms with van der Waals surface area (Å²) in [5, 5.41) is 0. The van der Waals surface area contributed by atoms with E-state index in [1.165, 1.54) is 0 Å². The van der Waals surface area contributed by atoms with E-state index >= 15 is 0 Å². The van der Waals surface area contributed by atoms with Crippen LogP contribution in [0.4, 0.5) is 0 Å². The van der Waals surface area contributed by atoms with Crippen LogP contribution in [0.15, 0.2) is 29.1 Å². The van der Waals surface area contributed by atoms with E-state index in [1.807, 2.05) is 31.2 Å². The fourth-order valence-electron chi connectivity index (χ4n) is 2.78. The number of aromatic nitrogens is 2. The maximum absolute atomic E-state index is 12.6. The lowest BCUT2D eigenvalue weighted by atomic mass is 10.3. The van der Waals surface area contributed by atoms with Crippen molar-refractivity contribution in [2.24, 2.45) is 5.92 Å². The molecule has 1 aromatic heterocycles. The number of fused-ring (bicyclic) bond motifs is 1. The second-order valence-electron chi connectivity index (χ2n) is 6.14. The summed E-state index contributed by atoms with van der Waals surface area (Å²) >= 11 is 0. The summed E-state index contributed by atoms with van der Waals surface area (Å²) in [5.74, 6) is -0.400. The van der Waals surface area contributed by atoms with Gasteiger partial charge in [0, 0.05) is 25.4 Å². The monoisotopic (exact) mass is 330 g/mol. The molecule has 1 saturated carbocycles. The molecule has 2 amide bonds. The molecule has 1 aromatic carbocycles. The van der Waals surface area contributed by atoms with Crippen molar-refractivity contribution in [1.29, 1.82) is 0 Å². The van der Waals surface area contributed by atoms with Gasteiger partial charge in [-0.15, -0.1) is 0 Å². The fraction of sp³-hybridized carbons (Fsp3) is 0.471. The van der Waals surface area contributed by atoms with Crippen molar-refractivity contribution < 1.29 is 9.59 Å². The first kappa shape index (κ1) is 16.3. The average Bonchev–Trinajstić information content (AvgIpc) is 3.39. The molecule has 1 fully saturated rings. The third-order valence-corrected chi connectivity index (χ3v) is 4.21. The number of para-hydroxylation sites is 2. The van der Waals surface area contributed by atoms with Crippen LogP contribution in [0.5, 0.6) is 0 Å². The standard InChI is InChI=1S/C17H22N4O3/c1-2-10-20-13-5-3-4-6-14(13)21(17(20)24)11-9-15(22)18-19-16(23)12-7-8-12/h3-6,12H,2,7-11H2,1H3,(H,18,22)(H,19,23). The number of benzene rings is 1. The number of imidazole rings is 1. The Balaban J connectivity index is 1.68. The zero-order valence-corrected chi connectivity index (χ0v) is 13.7. The van der Waals surface area contributed by atoms with Crippen LogP contribution in [-0.2, 0) is 22.7 Å². The molecular weight excluding hydrogens is 308 g/mol. The summed E-state index contributed by atoms with van der Waals surface area (Å²) in [7, 11) is 0. The summed E-state index contributed by atoms with van der Waals surface area (Å²) < 4.78 is 3.36. The quantitative estimate of drug-likeness (QED) is 0.780. The topological polar surface area (TPSA) is 85.1 Å². The van der Waals surface area contributed by atoms with Crippen LogP contribution in [0.25, 0.3) is 11.0 Å². The fourth-order valence-corrected chi connectivity index (χ4v) is 2.78. The van der Waals surface area contributed by atoms with Gasteiger partial charge in [-0.3, -0.25) is 29.6 Å². The van der Waals surface area contributed by atoms with Gasteiger partial charge in [-0.2, -0.15) is 0 Å². The molecule has 1 heterocycles. The summed E-state index contributed by atoms with van der Waals surface area (Å²) in [6.07, 6.45) is 2.76.